The molecule has 260 valence electrons. The summed E-state index contributed by atoms with van der Waals surface area (Å²) in [6.45, 7) is 0. The summed E-state index contributed by atoms with van der Waals surface area (Å²) in [7, 11) is 0. The van der Waals surface area contributed by atoms with Gasteiger partial charge in [0, 0.05) is 18.2 Å². The van der Waals surface area contributed by atoms with E-state index in [-0.39, 0.29) is 22.3 Å². The minimum absolute atomic E-state index is 0.225. The van der Waals surface area contributed by atoms with Crippen LogP contribution in [0, 0.1) is 23.3 Å². The van der Waals surface area contributed by atoms with Crippen molar-refractivity contribution in [3.63, 3.8) is 0 Å². The molecule has 4 aromatic rings. The molecule has 1 aliphatic heterocycles. The molecule has 2 N–H and O–H groups in total. The van der Waals surface area contributed by atoms with Gasteiger partial charge in [-0.2, -0.15) is 0 Å². The van der Waals surface area contributed by atoms with Gasteiger partial charge in [-0.05, 0) is 96.5 Å². The molecule has 0 unspecified atom stereocenters. The highest BCUT2D eigenvalue weighted by atomic mass is 35.5. The quantitative estimate of drug-likeness (QED) is 0.156. The van der Waals surface area contributed by atoms with Crippen LogP contribution in [0.15, 0.2) is 97.1 Å². The van der Waals surface area contributed by atoms with E-state index in [1.54, 1.807) is 0 Å². The van der Waals surface area contributed by atoms with Crippen molar-refractivity contribution in [2.45, 2.75) is 98.8 Å². The standard InChI is InChI=1S/C34H30F4O4.C6H11Cl/c35-26-12-4-22(5-13-26)33(39,23-6-14-27(36)15-7-23)30-31(42-32(41-30)20-2-1-3-21-32)34(40,24-8-16-28(37)17-9-24)25-10-18-29(38)19-11-25;7-6-4-2-1-3-5-6/h4-19,30-31,39-40H,1-3,20-21H2;6H,1-5H2/t30-,31-;/m0./s1. The van der Waals surface area contributed by atoms with E-state index in [0.29, 0.717) is 18.2 Å². The van der Waals surface area contributed by atoms with Crippen molar-refractivity contribution < 1.29 is 37.2 Å². The number of hydrogen-bond donors (Lipinski definition) is 2. The van der Waals surface area contributed by atoms with Crippen LogP contribution in [-0.4, -0.2) is 33.6 Å². The molecular formula is C40H41ClF4O4. The van der Waals surface area contributed by atoms with Gasteiger partial charge >= 0.3 is 0 Å². The maximum Gasteiger partial charge on any atom is 0.169 e. The van der Waals surface area contributed by atoms with Crippen LogP contribution in [-0.2, 0) is 20.7 Å². The fraction of sp³-hybridized carbons (Fsp3) is 0.400. The van der Waals surface area contributed by atoms with E-state index in [1.165, 1.54) is 129 Å². The molecule has 7 rings (SSSR count). The normalized spacial score (nSPS) is 21.3. The summed E-state index contributed by atoms with van der Waals surface area (Å²) < 4.78 is 69.7. The predicted molar refractivity (Wildman–Crippen MR) is 180 cm³/mol. The van der Waals surface area contributed by atoms with E-state index < -0.39 is 52.5 Å². The van der Waals surface area contributed by atoms with Gasteiger partial charge in [0.05, 0.1) is 0 Å². The van der Waals surface area contributed by atoms with Gasteiger partial charge in [0.2, 0.25) is 0 Å². The van der Waals surface area contributed by atoms with Gasteiger partial charge in [0.25, 0.3) is 0 Å². The third-order valence-corrected chi connectivity index (χ3v) is 10.5. The molecule has 1 saturated heterocycles. The van der Waals surface area contributed by atoms with Gasteiger partial charge < -0.3 is 19.7 Å². The zero-order chi connectivity index (χ0) is 34.6. The highest BCUT2D eigenvalue weighted by Gasteiger charge is 2.63. The molecule has 9 heteroatoms. The van der Waals surface area contributed by atoms with Crippen molar-refractivity contribution in [1.82, 2.24) is 0 Å². The van der Waals surface area contributed by atoms with Crippen LogP contribution in [0.4, 0.5) is 17.6 Å². The molecule has 49 heavy (non-hydrogen) atoms. The van der Waals surface area contributed by atoms with E-state index in [2.05, 4.69) is 0 Å². The number of halogens is 5. The van der Waals surface area contributed by atoms with Gasteiger partial charge in [-0.1, -0.05) is 74.2 Å². The molecule has 3 fully saturated rings. The van der Waals surface area contributed by atoms with Crippen LogP contribution < -0.4 is 0 Å². The predicted octanol–water partition coefficient (Wildman–Crippen LogP) is 9.42. The van der Waals surface area contributed by atoms with Crippen LogP contribution in [0.2, 0.25) is 0 Å². The molecule has 2 aliphatic carbocycles. The lowest BCUT2D eigenvalue weighted by Gasteiger charge is -2.42. The summed E-state index contributed by atoms with van der Waals surface area (Å²) in [6, 6.07) is 20.8. The number of hydrogen-bond acceptors (Lipinski definition) is 4. The minimum Gasteiger partial charge on any atom is -0.378 e. The van der Waals surface area contributed by atoms with Crippen molar-refractivity contribution in [3.05, 3.63) is 143 Å². The highest BCUT2D eigenvalue weighted by Crippen LogP contribution is 2.53. The van der Waals surface area contributed by atoms with E-state index in [1.807, 2.05) is 0 Å². The summed E-state index contributed by atoms with van der Waals surface area (Å²) in [5.74, 6) is -3.30. The lowest BCUT2D eigenvalue weighted by molar-refractivity contribution is -0.213. The Morgan fingerprint density at radius 3 is 1.04 bits per heavy atom. The number of ether oxygens (including phenoxy) is 2. The largest absolute Gasteiger partial charge is 0.378 e. The SMILES string of the molecule is ClC1CCCCC1.OC(c1ccc(F)cc1)(c1ccc(F)cc1)[C@H]1OC2(CCCCC2)O[C@@H]1C(O)(c1ccc(F)cc1)c1ccc(F)cc1. The molecule has 3 aliphatic rings. The van der Waals surface area contributed by atoms with Gasteiger partial charge in [-0.25, -0.2) is 17.6 Å². The van der Waals surface area contributed by atoms with Crippen molar-refractivity contribution >= 4 is 11.6 Å². The van der Waals surface area contributed by atoms with Gasteiger partial charge in [-0.3, -0.25) is 0 Å². The van der Waals surface area contributed by atoms with E-state index >= 15 is 0 Å². The van der Waals surface area contributed by atoms with Crippen LogP contribution in [0.25, 0.3) is 0 Å². The van der Waals surface area contributed by atoms with Crippen LogP contribution in [0.5, 0.6) is 0 Å². The maximum absolute atomic E-state index is 14.1. The Morgan fingerprint density at radius 1 is 0.490 bits per heavy atom. The molecule has 4 nitrogen and oxygen atoms in total. The second-order valence-electron chi connectivity index (χ2n) is 13.3. The Balaban J connectivity index is 0.000000531. The number of alkyl halides is 1. The number of aliphatic hydroxyl groups is 2. The molecule has 2 saturated carbocycles. The molecule has 1 heterocycles. The minimum atomic E-state index is -2.08. The molecule has 2 atom stereocenters. The Hall–Kier alpha value is -3.27. The van der Waals surface area contributed by atoms with E-state index in [4.69, 9.17) is 21.1 Å². The Labute approximate surface area is 289 Å². The topological polar surface area (TPSA) is 58.9 Å². The first kappa shape index (κ1) is 35.6. The van der Waals surface area contributed by atoms with Crippen molar-refractivity contribution in [3.8, 4) is 0 Å². The number of rotatable bonds is 6. The summed E-state index contributed by atoms with van der Waals surface area (Å²) in [6.07, 6.45) is 7.39. The monoisotopic (exact) mass is 696 g/mol. The first-order chi connectivity index (χ1) is 23.5. The zero-order valence-corrected chi connectivity index (χ0v) is 27.9. The summed E-state index contributed by atoms with van der Waals surface area (Å²) in [5, 5.41) is 26.1. The maximum atomic E-state index is 14.1. The molecule has 1 spiro atoms. The zero-order valence-electron chi connectivity index (χ0n) is 27.1. The average Bonchev–Trinajstić information content (AvgIpc) is 3.49. The smallest absolute Gasteiger partial charge is 0.169 e. The molecular weight excluding hydrogens is 656 g/mol. The number of benzene rings is 4. The first-order valence-corrected chi connectivity index (χ1v) is 17.5. The fourth-order valence-corrected chi connectivity index (χ4v) is 7.72. The molecule has 0 bridgehead atoms. The lowest BCUT2D eigenvalue weighted by atomic mass is 9.72. The van der Waals surface area contributed by atoms with E-state index in [9.17, 15) is 27.8 Å². The van der Waals surface area contributed by atoms with Crippen LogP contribution >= 0.6 is 11.6 Å². The molecule has 0 amide bonds. The second-order valence-corrected chi connectivity index (χ2v) is 14.0. The Bertz CT molecular complexity index is 1450. The van der Waals surface area contributed by atoms with E-state index in [0.717, 1.165) is 19.3 Å². The lowest BCUT2D eigenvalue weighted by Crippen LogP contribution is -2.55. The summed E-state index contributed by atoms with van der Waals surface area (Å²) >= 11 is 5.82. The highest BCUT2D eigenvalue weighted by molar-refractivity contribution is 6.20. The second kappa shape index (κ2) is 14.9. The summed E-state index contributed by atoms with van der Waals surface area (Å²) in [4.78, 5) is 0. The third kappa shape index (κ3) is 7.45. The van der Waals surface area contributed by atoms with Gasteiger partial charge in [0.15, 0.2) is 5.79 Å². The van der Waals surface area contributed by atoms with Crippen molar-refractivity contribution in [2.75, 3.05) is 0 Å². The third-order valence-electron chi connectivity index (χ3n) is 10.1. The van der Waals surface area contributed by atoms with Gasteiger partial charge in [-0.15, -0.1) is 11.6 Å². The van der Waals surface area contributed by atoms with Crippen LogP contribution in [0.1, 0.15) is 86.5 Å². The van der Waals surface area contributed by atoms with Crippen LogP contribution in [0.3, 0.4) is 0 Å². The fourth-order valence-electron chi connectivity index (χ4n) is 7.41. The van der Waals surface area contributed by atoms with Gasteiger partial charge in [0.1, 0.15) is 46.7 Å². The first-order valence-electron chi connectivity index (χ1n) is 17.0. The molecule has 4 aromatic carbocycles. The Kier molecular flexibility index (Phi) is 10.8. The van der Waals surface area contributed by atoms with Crippen molar-refractivity contribution in [2.24, 2.45) is 0 Å². The average molecular weight is 697 g/mol. The summed E-state index contributed by atoms with van der Waals surface area (Å²) in [5.41, 5.74) is -3.27. The van der Waals surface area contributed by atoms with Crippen molar-refractivity contribution in [1.29, 1.82) is 0 Å². The Morgan fingerprint density at radius 2 is 0.776 bits per heavy atom. The molecule has 0 radical (unpaired) electrons. The molecule has 0 aromatic heterocycles.